The fourth-order valence-corrected chi connectivity index (χ4v) is 3.16. The molecule has 1 heterocycles. The number of oxazole rings is 1. The molecule has 1 N–H and O–H groups in total. The van der Waals surface area contributed by atoms with Gasteiger partial charge in [-0.1, -0.05) is 41.6 Å². The van der Waals surface area contributed by atoms with Crippen LogP contribution >= 0.6 is 23.4 Å². The zero-order valence-electron chi connectivity index (χ0n) is 15.0. The number of rotatable bonds is 7. The van der Waals surface area contributed by atoms with Crippen LogP contribution in [0.1, 0.15) is 17.3 Å². The summed E-state index contributed by atoms with van der Waals surface area (Å²) in [6, 6.07) is 13.8. The van der Waals surface area contributed by atoms with Crippen LogP contribution in [-0.4, -0.2) is 29.2 Å². The van der Waals surface area contributed by atoms with Gasteiger partial charge >= 0.3 is 5.97 Å². The SMILES string of the molecule is CCOC(=O)c1cccc(NC(=O)CSc2ncc(-c3cccc(Cl)c3)o2)c1. The van der Waals surface area contributed by atoms with E-state index >= 15 is 0 Å². The van der Waals surface area contributed by atoms with Crippen molar-refractivity contribution in [2.75, 3.05) is 17.7 Å². The molecular weight excluding hydrogens is 400 g/mol. The number of ether oxygens (including phenoxy) is 1. The van der Waals surface area contributed by atoms with Crippen molar-refractivity contribution in [1.82, 2.24) is 4.98 Å². The third-order valence-electron chi connectivity index (χ3n) is 3.58. The minimum atomic E-state index is -0.429. The number of hydrogen-bond donors (Lipinski definition) is 1. The van der Waals surface area contributed by atoms with Crippen molar-refractivity contribution in [3.63, 3.8) is 0 Å². The Kier molecular flexibility index (Phi) is 6.73. The highest BCUT2D eigenvalue weighted by Gasteiger charge is 2.12. The molecule has 0 saturated heterocycles. The molecule has 8 heteroatoms. The van der Waals surface area contributed by atoms with Crippen LogP contribution in [0.3, 0.4) is 0 Å². The van der Waals surface area contributed by atoms with Crippen LogP contribution in [0.2, 0.25) is 5.02 Å². The number of nitrogens with zero attached hydrogens (tertiary/aromatic N) is 1. The second kappa shape index (κ2) is 9.43. The maximum Gasteiger partial charge on any atom is 0.338 e. The molecule has 0 saturated carbocycles. The van der Waals surface area contributed by atoms with E-state index in [4.69, 9.17) is 20.8 Å². The Bertz CT molecular complexity index is 990. The number of benzene rings is 2. The molecule has 0 spiro atoms. The van der Waals surface area contributed by atoms with E-state index < -0.39 is 5.97 Å². The van der Waals surface area contributed by atoms with Gasteiger partial charge < -0.3 is 14.5 Å². The van der Waals surface area contributed by atoms with Crippen molar-refractivity contribution < 1.29 is 18.7 Å². The Labute approximate surface area is 171 Å². The number of nitrogens with one attached hydrogen (secondary N) is 1. The van der Waals surface area contributed by atoms with Crippen LogP contribution in [0.15, 0.2) is 64.4 Å². The molecular formula is C20H17ClN2O4S. The van der Waals surface area contributed by atoms with Crippen LogP contribution in [0, 0.1) is 0 Å². The van der Waals surface area contributed by atoms with Gasteiger partial charge in [0.05, 0.1) is 24.1 Å². The third kappa shape index (κ3) is 5.37. The van der Waals surface area contributed by atoms with Crippen LogP contribution < -0.4 is 5.32 Å². The van der Waals surface area contributed by atoms with Crippen molar-refractivity contribution in [1.29, 1.82) is 0 Å². The minimum absolute atomic E-state index is 0.110. The molecule has 6 nitrogen and oxygen atoms in total. The van der Waals surface area contributed by atoms with E-state index in [-0.39, 0.29) is 11.7 Å². The molecule has 0 atom stereocenters. The highest BCUT2D eigenvalue weighted by Crippen LogP contribution is 2.27. The Hall–Kier alpha value is -2.77. The van der Waals surface area contributed by atoms with Gasteiger partial charge in [-0.15, -0.1) is 0 Å². The summed E-state index contributed by atoms with van der Waals surface area (Å²) in [7, 11) is 0. The van der Waals surface area contributed by atoms with Gasteiger partial charge in [-0.25, -0.2) is 9.78 Å². The zero-order chi connectivity index (χ0) is 19.9. The van der Waals surface area contributed by atoms with Gasteiger partial charge in [0.15, 0.2) is 5.76 Å². The number of aromatic nitrogens is 1. The Morgan fingerprint density at radius 3 is 2.82 bits per heavy atom. The number of carbonyl (C=O) groups is 2. The van der Waals surface area contributed by atoms with Gasteiger partial charge in [0.25, 0.3) is 5.22 Å². The summed E-state index contributed by atoms with van der Waals surface area (Å²) in [6.45, 7) is 2.03. The number of amides is 1. The van der Waals surface area contributed by atoms with Crippen molar-refractivity contribution >= 4 is 40.9 Å². The maximum atomic E-state index is 12.2. The minimum Gasteiger partial charge on any atom is -0.462 e. The van der Waals surface area contributed by atoms with Crippen LogP contribution in [-0.2, 0) is 9.53 Å². The molecule has 0 radical (unpaired) electrons. The molecule has 0 bridgehead atoms. The highest BCUT2D eigenvalue weighted by atomic mass is 35.5. The van der Waals surface area contributed by atoms with Crippen molar-refractivity contribution in [2.45, 2.75) is 12.1 Å². The first-order valence-electron chi connectivity index (χ1n) is 8.46. The smallest absolute Gasteiger partial charge is 0.338 e. The molecule has 2 aromatic carbocycles. The number of hydrogen-bond acceptors (Lipinski definition) is 6. The van der Waals surface area contributed by atoms with Crippen LogP contribution in [0.4, 0.5) is 5.69 Å². The molecule has 3 rings (SSSR count). The van der Waals surface area contributed by atoms with Gasteiger partial charge in [-0.05, 0) is 37.3 Å². The van der Waals surface area contributed by atoms with Crippen molar-refractivity contribution in [3.8, 4) is 11.3 Å². The quantitative estimate of drug-likeness (QED) is 0.435. The summed E-state index contributed by atoms with van der Waals surface area (Å²) in [5, 5.41) is 3.73. The zero-order valence-corrected chi connectivity index (χ0v) is 16.5. The van der Waals surface area contributed by atoms with Gasteiger partial charge in [0, 0.05) is 16.3 Å². The lowest BCUT2D eigenvalue weighted by atomic mass is 10.2. The summed E-state index contributed by atoms with van der Waals surface area (Å²) in [5.74, 6) is 0.0152. The molecule has 1 aromatic heterocycles. The van der Waals surface area contributed by atoms with E-state index in [1.807, 2.05) is 12.1 Å². The summed E-state index contributed by atoms with van der Waals surface area (Å²) in [5.41, 5.74) is 1.71. The molecule has 0 fully saturated rings. The van der Waals surface area contributed by atoms with Gasteiger partial charge in [0.1, 0.15) is 0 Å². The lowest BCUT2D eigenvalue weighted by molar-refractivity contribution is -0.113. The van der Waals surface area contributed by atoms with Crippen LogP contribution in [0.25, 0.3) is 11.3 Å². The number of carbonyl (C=O) groups excluding carboxylic acids is 2. The molecule has 0 aliphatic carbocycles. The summed E-state index contributed by atoms with van der Waals surface area (Å²) in [4.78, 5) is 28.1. The second-order valence-electron chi connectivity index (χ2n) is 5.64. The molecule has 28 heavy (non-hydrogen) atoms. The Balaban J connectivity index is 1.56. The van der Waals surface area contributed by atoms with E-state index in [2.05, 4.69) is 10.3 Å². The Morgan fingerprint density at radius 1 is 1.21 bits per heavy atom. The number of thioether (sulfide) groups is 1. The number of halogens is 1. The average Bonchev–Trinajstić information content (AvgIpc) is 3.16. The first kappa shape index (κ1) is 20.0. The first-order chi connectivity index (χ1) is 13.5. The average molecular weight is 417 g/mol. The van der Waals surface area contributed by atoms with E-state index in [1.54, 1.807) is 49.5 Å². The van der Waals surface area contributed by atoms with Gasteiger partial charge in [-0.2, -0.15) is 0 Å². The molecule has 0 aliphatic heterocycles. The predicted molar refractivity (Wildman–Crippen MR) is 109 cm³/mol. The van der Waals surface area contributed by atoms with Crippen molar-refractivity contribution in [2.24, 2.45) is 0 Å². The normalized spacial score (nSPS) is 10.5. The monoisotopic (exact) mass is 416 g/mol. The molecule has 1 amide bonds. The first-order valence-corrected chi connectivity index (χ1v) is 9.83. The summed E-state index contributed by atoms with van der Waals surface area (Å²) >= 11 is 7.15. The molecule has 0 unspecified atom stereocenters. The predicted octanol–water partition coefficient (Wildman–Crippen LogP) is 4.90. The maximum absolute atomic E-state index is 12.2. The summed E-state index contributed by atoms with van der Waals surface area (Å²) in [6.07, 6.45) is 1.59. The Morgan fingerprint density at radius 2 is 2.04 bits per heavy atom. The largest absolute Gasteiger partial charge is 0.462 e. The van der Waals surface area contributed by atoms with Gasteiger partial charge in [0.2, 0.25) is 5.91 Å². The topological polar surface area (TPSA) is 81.4 Å². The lowest BCUT2D eigenvalue weighted by Gasteiger charge is -2.06. The van der Waals surface area contributed by atoms with Crippen LogP contribution in [0.5, 0.6) is 0 Å². The fraction of sp³-hybridized carbons (Fsp3) is 0.150. The van der Waals surface area contributed by atoms with E-state index in [0.29, 0.717) is 33.9 Å². The molecule has 144 valence electrons. The number of esters is 1. The molecule has 0 aliphatic rings. The van der Waals surface area contributed by atoms with E-state index in [1.165, 1.54) is 11.8 Å². The lowest BCUT2D eigenvalue weighted by Crippen LogP contribution is -2.14. The molecule has 3 aromatic rings. The van der Waals surface area contributed by atoms with E-state index in [9.17, 15) is 9.59 Å². The third-order valence-corrected chi connectivity index (χ3v) is 4.66. The second-order valence-corrected chi connectivity index (χ2v) is 7.00. The summed E-state index contributed by atoms with van der Waals surface area (Å²) < 4.78 is 10.6. The highest BCUT2D eigenvalue weighted by molar-refractivity contribution is 7.99. The number of anilines is 1. The fourth-order valence-electron chi connectivity index (χ4n) is 2.36. The van der Waals surface area contributed by atoms with Gasteiger partial charge in [-0.3, -0.25) is 4.79 Å². The van der Waals surface area contributed by atoms with Crippen molar-refractivity contribution in [3.05, 3.63) is 65.3 Å². The van der Waals surface area contributed by atoms with E-state index in [0.717, 1.165) is 5.56 Å². The standard InChI is InChI=1S/C20H17ClN2O4S/c1-2-26-19(25)14-6-4-8-16(10-14)23-18(24)12-28-20-22-11-17(27-20)13-5-3-7-15(21)9-13/h3-11H,2,12H2,1H3,(H,23,24).